The van der Waals surface area contributed by atoms with E-state index in [0.717, 1.165) is 0 Å². The van der Waals surface area contributed by atoms with Crippen molar-refractivity contribution in [1.82, 2.24) is 15.5 Å². The number of aromatic nitrogens is 2. The van der Waals surface area contributed by atoms with Crippen molar-refractivity contribution in [3.8, 4) is 28.6 Å². The first-order valence-electron chi connectivity index (χ1n) is 9.52. The highest BCUT2D eigenvalue weighted by Crippen LogP contribution is 2.32. The largest absolute Gasteiger partial charge is 0.493 e. The fourth-order valence-electron chi connectivity index (χ4n) is 2.84. The third-order valence-electron chi connectivity index (χ3n) is 4.28. The van der Waals surface area contributed by atoms with Crippen molar-refractivity contribution in [3.63, 3.8) is 0 Å². The summed E-state index contributed by atoms with van der Waals surface area (Å²) in [5.74, 6) is 1.03. The van der Waals surface area contributed by atoms with Crippen LogP contribution in [0, 0.1) is 0 Å². The minimum Gasteiger partial charge on any atom is -0.493 e. The molecule has 2 heterocycles. The van der Waals surface area contributed by atoms with E-state index in [4.69, 9.17) is 23.5 Å². The van der Waals surface area contributed by atoms with E-state index < -0.39 is 11.9 Å². The summed E-state index contributed by atoms with van der Waals surface area (Å²) in [7, 11) is 0. The molecular formula is C21H19N3O7. The highest BCUT2D eigenvalue weighted by Gasteiger charge is 2.18. The molecule has 160 valence electrons. The van der Waals surface area contributed by atoms with Crippen LogP contribution in [-0.4, -0.2) is 42.0 Å². The number of amides is 1. The van der Waals surface area contributed by atoms with Crippen LogP contribution in [0.25, 0.3) is 11.4 Å². The summed E-state index contributed by atoms with van der Waals surface area (Å²) in [4.78, 5) is 28.4. The number of rotatable bonds is 8. The highest BCUT2D eigenvalue weighted by molar-refractivity contribution is 5.96. The molecule has 1 aromatic heterocycles. The summed E-state index contributed by atoms with van der Waals surface area (Å²) in [6.07, 6.45) is 0. The van der Waals surface area contributed by atoms with Gasteiger partial charge in [0, 0.05) is 5.56 Å². The number of para-hydroxylation sites is 1. The first-order chi connectivity index (χ1) is 15.1. The maximum absolute atomic E-state index is 12.2. The topological polar surface area (TPSA) is 122 Å². The first-order valence-corrected chi connectivity index (χ1v) is 9.52. The number of fused-ring (bicyclic) bond motifs is 1. The van der Waals surface area contributed by atoms with Crippen molar-refractivity contribution in [2.45, 2.75) is 13.5 Å². The molecule has 1 N–H and O–H groups in total. The number of hydrogen-bond acceptors (Lipinski definition) is 9. The van der Waals surface area contributed by atoms with E-state index in [-0.39, 0.29) is 25.8 Å². The van der Waals surface area contributed by atoms with Gasteiger partial charge in [0.2, 0.25) is 12.6 Å². The summed E-state index contributed by atoms with van der Waals surface area (Å²) >= 11 is 0. The van der Waals surface area contributed by atoms with Crippen molar-refractivity contribution in [2.75, 3.05) is 19.9 Å². The van der Waals surface area contributed by atoms with Crippen LogP contribution < -0.4 is 19.5 Å². The van der Waals surface area contributed by atoms with Gasteiger partial charge in [-0.25, -0.2) is 0 Å². The van der Waals surface area contributed by atoms with Crippen LogP contribution in [0.15, 0.2) is 47.0 Å². The predicted molar refractivity (Wildman–Crippen MR) is 106 cm³/mol. The van der Waals surface area contributed by atoms with Crippen LogP contribution in [0.4, 0.5) is 0 Å². The van der Waals surface area contributed by atoms with Crippen LogP contribution in [0.5, 0.6) is 17.2 Å². The molecule has 0 atom stereocenters. The van der Waals surface area contributed by atoms with Gasteiger partial charge in [-0.1, -0.05) is 17.3 Å². The van der Waals surface area contributed by atoms with E-state index in [1.54, 1.807) is 30.3 Å². The van der Waals surface area contributed by atoms with Crippen molar-refractivity contribution in [1.29, 1.82) is 0 Å². The second-order valence-corrected chi connectivity index (χ2v) is 6.35. The molecule has 0 radical (unpaired) electrons. The van der Waals surface area contributed by atoms with E-state index in [1.165, 1.54) is 0 Å². The first kappa shape index (κ1) is 20.2. The van der Waals surface area contributed by atoms with E-state index in [0.29, 0.717) is 40.8 Å². The van der Waals surface area contributed by atoms with Gasteiger partial charge in [0.05, 0.1) is 12.2 Å². The molecule has 1 aliphatic heterocycles. The molecule has 4 rings (SSSR count). The summed E-state index contributed by atoms with van der Waals surface area (Å²) < 4.78 is 26.2. The SMILES string of the molecule is CCOc1ccccc1-c1noc(COC(=O)CNC(=O)c2ccc3c(c2)OCO3)n1. The molecule has 0 spiro atoms. The van der Waals surface area contributed by atoms with Crippen LogP contribution in [0.2, 0.25) is 0 Å². The fourth-order valence-corrected chi connectivity index (χ4v) is 2.84. The number of carbonyl (C=O) groups is 2. The Morgan fingerprint density at radius 1 is 1.13 bits per heavy atom. The molecule has 0 saturated carbocycles. The molecule has 1 aliphatic rings. The van der Waals surface area contributed by atoms with Crippen LogP contribution >= 0.6 is 0 Å². The lowest BCUT2D eigenvalue weighted by Crippen LogP contribution is -2.30. The van der Waals surface area contributed by atoms with Gasteiger partial charge in [0.1, 0.15) is 12.3 Å². The minimum absolute atomic E-state index is 0.112. The van der Waals surface area contributed by atoms with E-state index in [9.17, 15) is 9.59 Å². The van der Waals surface area contributed by atoms with Crippen LogP contribution in [0.1, 0.15) is 23.2 Å². The van der Waals surface area contributed by atoms with Gasteiger partial charge in [-0.15, -0.1) is 0 Å². The van der Waals surface area contributed by atoms with Gasteiger partial charge in [-0.2, -0.15) is 4.98 Å². The summed E-state index contributed by atoms with van der Waals surface area (Å²) in [6, 6.07) is 12.0. The Bertz CT molecular complexity index is 1100. The normalized spacial score (nSPS) is 11.8. The van der Waals surface area contributed by atoms with Crippen molar-refractivity contribution in [3.05, 3.63) is 53.9 Å². The molecule has 0 aliphatic carbocycles. The Morgan fingerprint density at radius 3 is 2.84 bits per heavy atom. The molecule has 31 heavy (non-hydrogen) atoms. The zero-order chi connectivity index (χ0) is 21.6. The molecule has 0 unspecified atom stereocenters. The number of hydrogen-bond donors (Lipinski definition) is 1. The highest BCUT2D eigenvalue weighted by atomic mass is 16.7. The number of nitrogens with one attached hydrogen (secondary N) is 1. The molecule has 10 nitrogen and oxygen atoms in total. The standard InChI is InChI=1S/C21H19N3O7/c1-2-27-15-6-4-3-5-14(15)20-23-18(31-24-20)11-28-19(25)10-22-21(26)13-7-8-16-17(9-13)30-12-29-16/h3-9H,2,10-12H2,1H3,(H,22,26). The molecule has 0 saturated heterocycles. The number of carbonyl (C=O) groups excluding carboxylic acids is 2. The predicted octanol–water partition coefficient (Wildman–Crippen LogP) is 2.34. The quantitative estimate of drug-likeness (QED) is 0.542. The number of esters is 1. The molecule has 2 aromatic carbocycles. The summed E-state index contributed by atoms with van der Waals surface area (Å²) in [6.45, 7) is 1.95. The van der Waals surface area contributed by atoms with Gasteiger partial charge < -0.3 is 28.8 Å². The second-order valence-electron chi connectivity index (χ2n) is 6.35. The zero-order valence-corrected chi connectivity index (χ0v) is 16.6. The van der Waals surface area contributed by atoms with Crippen molar-refractivity contribution in [2.24, 2.45) is 0 Å². The fraction of sp³-hybridized carbons (Fsp3) is 0.238. The van der Waals surface area contributed by atoms with Crippen LogP contribution in [-0.2, 0) is 16.1 Å². The van der Waals surface area contributed by atoms with Crippen molar-refractivity contribution < 1.29 is 33.1 Å². The van der Waals surface area contributed by atoms with E-state index in [2.05, 4.69) is 15.5 Å². The molecule has 10 heteroatoms. The number of nitrogens with zero attached hydrogens (tertiary/aromatic N) is 2. The minimum atomic E-state index is -0.649. The lowest BCUT2D eigenvalue weighted by Gasteiger charge is -2.06. The lowest BCUT2D eigenvalue weighted by molar-refractivity contribution is -0.144. The summed E-state index contributed by atoms with van der Waals surface area (Å²) in [5.41, 5.74) is 1.01. The average Bonchev–Trinajstić information content (AvgIpc) is 3.45. The van der Waals surface area contributed by atoms with Crippen LogP contribution in [0.3, 0.4) is 0 Å². The third kappa shape index (κ3) is 4.74. The van der Waals surface area contributed by atoms with Gasteiger partial charge >= 0.3 is 5.97 Å². The Balaban J connectivity index is 1.28. The van der Waals surface area contributed by atoms with Gasteiger partial charge in [-0.3, -0.25) is 9.59 Å². The molecule has 0 fully saturated rings. The Hall–Kier alpha value is -4.08. The van der Waals surface area contributed by atoms with Gasteiger partial charge in [0.25, 0.3) is 11.8 Å². The Kier molecular flexibility index (Phi) is 5.97. The molecular weight excluding hydrogens is 406 g/mol. The summed E-state index contributed by atoms with van der Waals surface area (Å²) in [5, 5.41) is 6.39. The zero-order valence-electron chi connectivity index (χ0n) is 16.6. The lowest BCUT2D eigenvalue weighted by atomic mass is 10.2. The van der Waals surface area contributed by atoms with Crippen molar-refractivity contribution >= 4 is 11.9 Å². The maximum atomic E-state index is 12.2. The van der Waals surface area contributed by atoms with Gasteiger partial charge in [0.15, 0.2) is 18.1 Å². The smallest absolute Gasteiger partial charge is 0.325 e. The third-order valence-corrected chi connectivity index (χ3v) is 4.28. The Morgan fingerprint density at radius 2 is 1.97 bits per heavy atom. The average molecular weight is 425 g/mol. The second kappa shape index (κ2) is 9.16. The number of benzene rings is 2. The van der Waals surface area contributed by atoms with Gasteiger partial charge in [-0.05, 0) is 37.3 Å². The Labute approximate surface area is 177 Å². The number of ether oxygens (including phenoxy) is 4. The molecule has 1 amide bonds. The monoisotopic (exact) mass is 425 g/mol. The molecule has 3 aromatic rings. The molecule has 0 bridgehead atoms. The van der Waals surface area contributed by atoms with E-state index >= 15 is 0 Å². The maximum Gasteiger partial charge on any atom is 0.325 e. The van der Waals surface area contributed by atoms with E-state index in [1.807, 2.05) is 19.1 Å².